The van der Waals surface area contributed by atoms with Crippen LogP contribution in [0.4, 0.5) is 0 Å². The molecule has 3 aliphatic heterocycles. The molecule has 4 aliphatic rings. The molecule has 0 fully saturated rings. The fraction of sp³-hybridized carbons (Fsp3) is 0.438. The van der Waals surface area contributed by atoms with Crippen molar-refractivity contribution in [2.75, 3.05) is 0 Å². The van der Waals surface area contributed by atoms with E-state index in [9.17, 15) is 0 Å². The lowest BCUT2D eigenvalue weighted by Gasteiger charge is -2.13. The number of hydrogen-bond donors (Lipinski definition) is 2. The van der Waals surface area contributed by atoms with Crippen LogP contribution in [0.2, 0.25) is 0 Å². The van der Waals surface area contributed by atoms with Crippen molar-refractivity contribution >= 4 is 29.1 Å². The zero-order valence-electron chi connectivity index (χ0n) is 22.9. The van der Waals surface area contributed by atoms with Crippen molar-refractivity contribution in [1.29, 1.82) is 0 Å². The van der Waals surface area contributed by atoms with E-state index in [0.717, 1.165) is 49.9 Å². The molecule has 2 aromatic rings. The molecule has 2 N–H and O–H groups in total. The summed E-state index contributed by atoms with van der Waals surface area (Å²) in [7, 11) is 0. The van der Waals surface area contributed by atoms with Gasteiger partial charge >= 0.3 is 0 Å². The van der Waals surface area contributed by atoms with E-state index in [1.54, 1.807) is 0 Å². The van der Waals surface area contributed by atoms with Crippen LogP contribution < -0.4 is 10.7 Å². The Morgan fingerprint density at radius 2 is 1.61 bits per heavy atom. The molecular formula is C32H38N4. The minimum absolute atomic E-state index is 0.208. The fourth-order valence-electron chi connectivity index (χ4n) is 6.94. The summed E-state index contributed by atoms with van der Waals surface area (Å²) < 4.78 is 0. The van der Waals surface area contributed by atoms with Gasteiger partial charge in [0.25, 0.3) is 0 Å². The molecule has 8 bridgehead atoms. The van der Waals surface area contributed by atoms with E-state index in [-0.39, 0.29) is 6.04 Å². The second kappa shape index (κ2) is 8.47. The number of allylic oxidation sites excluding steroid dienone is 4. The Labute approximate surface area is 214 Å². The molecule has 0 aromatic carbocycles. The average molecular weight is 479 g/mol. The van der Waals surface area contributed by atoms with Crippen LogP contribution >= 0.6 is 0 Å². The molecule has 0 radical (unpaired) electrons. The topological polar surface area (TPSA) is 56.3 Å². The van der Waals surface area contributed by atoms with Crippen LogP contribution in [-0.2, 0) is 19.3 Å². The lowest BCUT2D eigenvalue weighted by atomic mass is 9.96. The highest BCUT2D eigenvalue weighted by Crippen LogP contribution is 2.43. The lowest BCUT2D eigenvalue weighted by molar-refractivity contribution is 0.733. The van der Waals surface area contributed by atoms with Gasteiger partial charge in [-0.2, -0.15) is 0 Å². The van der Waals surface area contributed by atoms with Crippen molar-refractivity contribution in [1.82, 2.24) is 9.97 Å². The van der Waals surface area contributed by atoms with E-state index in [1.165, 1.54) is 77.9 Å². The van der Waals surface area contributed by atoms with E-state index < -0.39 is 0 Å². The highest BCUT2D eigenvalue weighted by atomic mass is 14.9. The van der Waals surface area contributed by atoms with Gasteiger partial charge in [0, 0.05) is 34.1 Å². The Balaban J connectivity index is 1.68. The van der Waals surface area contributed by atoms with Gasteiger partial charge in [-0.1, -0.05) is 20.8 Å². The zero-order chi connectivity index (χ0) is 25.3. The predicted octanol–water partition coefficient (Wildman–Crippen LogP) is 5.73. The third-order valence-electron chi connectivity index (χ3n) is 9.11. The predicted molar refractivity (Wildman–Crippen MR) is 152 cm³/mol. The molecule has 0 saturated carbocycles. The Kier molecular flexibility index (Phi) is 5.47. The Morgan fingerprint density at radius 1 is 0.833 bits per heavy atom. The number of nitrogens with one attached hydrogen (secondary N) is 2. The second-order valence-electron chi connectivity index (χ2n) is 10.8. The van der Waals surface area contributed by atoms with Crippen molar-refractivity contribution in [3.63, 3.8) is 0 Å². The van der Waals surface area contributed by atoms with Gasteiger partial charge in [0.1, 0.15) is 0 Å². The van der Waals surface area contributed by atoms with Crippen molar-refractivity contribution in [2.24, 2.45) is 9.98 Å². The first-order valence-corrected chi connectivity index (χ1v) is 13.8. The SMILES string of the molecule is CCC1=C(C)C2=NC/1=C1/CCc3c1[nH]c(c3C)CC1N=C(/C=c3\[nH]/c(c(C)c3CC)=C\2)C(C)=C1CC. The monoisotopic (exact) mass is 478 g/mol. The maximum absolute atomic E-state index is 5.30. The summed E-state index contributed by atoms with van der Waals surface area (Å²) in [5.74, 6) is 0. The summed E-state index contributed by atoms with van der Waals surface area (Å²) in [6, 6.07) is 0.208. The van der Waals surface area contributed by atoms with Gasteiger partial charge < -0.3 is 9.97 Å². The molecule has 0 spiro atoms. The number of aromatic amines is 2. The van der Waals surface area contributed by atoms with Gasteiger partial charge in [-0.25, -0.2) is 4.99 Å². The zero-order valence-corrected chi connectivity index (χ0v) is 22.9. The van der Waals surface area contributed by atoms with Gasteiger partial charge in [-0.05, 0) is 116 Å². The lowest BCUT2D eigenvalue weighted by Crippen LogP contribution is -2.15. The average Bonchev–Trinajstić information content (AvgIpc) is 3.62. The van der Waals surface area contributed by atoms with Crippen molar-refractivity contribution in [3.05, 3.63) is 72.3 Å². The number of aliphatic imine (C=N–C) groups is 2. The Bertz CT molecular complexity index is 1590. The number of nitrogens with zero attached hydrogens (tertiary/aromatic N) is 2. The number of aromatic nitrogens is 2. The van der Waals surface area contributed by atoms with E-state index in [0.29, 0.717) is 0 Å². The first kappa shape index (κ1) is 23.3. The van der Waals surface area contributed by atoms with Crippen LogP contribution in [0.1, 0.15) is 87.5 Å². The minimum Gasteiger partial charge on any atom is -0.358 e. The van der Waals surface area contributed by atoms with Crippen LogP contribution in [-0.4, -0.2) is 27.4 Å². The van der Waals surface area contributed by atoms with Crippen LogP contribution in [0.5, 0.6) is 0 Å². The van der Waals surface area contributed by atoms with E-state index >= 15 is 0 Å². The van der Waals surface area contributed by atoms with Gasteiger partial charge in [0.05, 0.1) is 23.2 Å². The normalized spacial score (nSPS) is 24.7. The largest absolute Gasteiger partial charge is 0.358 e. The van der Waals surface area contributed by atoms with E-state index in [1.807, 2.05) is 0 Å². The molecule has 6 rings (SSSR count). The van der Waals surface area contributed by atoms with Crippen LogP contribution in [0.3, 0.4) is 0 Å². The quantitative estimate of drug-likeness (QED) is 0.566. The van der Waals surface area contributed by atoms with Crippen molar-refractivity contribution < 1.29 is 0 Å². The number of fused-ring (bicyclic) bond motifs is 5. The molecule has 0 amide bonds. The van der Waals surface area contributed by atoms with Gasteiger partial charge in [-0.3, -0.25) is 4.99 Å². The van der Waals surface area contributed by atoms with Crippen molar-refractivity contribution in [2.45, 2.75) is 93.0 Å². The molecule has 4 nitrogen and oxygen atoms in total. The molecule has 0 saturated heterocycles. The summed E-state index contributed by atoms with van der Waals surface area (Å²) in [4.78, 5) is 18.2. The van der Waals surface area contributed by atoms with Gasteiger partial charge in [-0.15, -0.1) is 0 Å². The van der Waals surface area contributed by atoms with Crippen LogP contribution in [0.15, 0.2) is 38.0 Å². The maximum Gasteiger partial charge on any atom is 0.0777 e. The molecular weight excluding hydrogens is 440 g/mol. The highest BCUT2D eigenvalue weighted by Gasteiger charge is 2.31. The molecule has 4 heteroatoms. The standard InChI is InChI=1S/C32H38N4/c1-8-20-16(4)25-13-27-18(6)22(10-3)31(35-27)24-12-11-23-19(7)28(36-32(23)24)15-30-21(9-2)17(5)26(34-30)14-29(20)33-25/h13-14,30,33,36H,8-12,15H2,1-7H3/b25-13-,29-14-,31-24-. The smallest absolute Gasteiger partial charge is 0.0777 e. The molecule has 1 unspecified atom stereocenters. The van der Waals surface area contributed by atoms with E-state index in [2.05, 4.69) is 70.6 Å². The third kappa shape index (κ3) is 3.26. The number of hydrogen-bond acceptors (Lipinski definition) is 2. The summed E-state index contributed by atoms with van der Waals surface area (Å²) in [6.45, 7) is 15.8. The van der Waals surface area contributed by atoms with Gasteiger partial charge in [0.15, 0.2) is 0 Å². The molecule has 186 valence electrons. The minimum atomic E-state index is 0.208. The van der Waals surface area contributed by atoms with Crippen molar-refractivity contribution in [3.8, 4) is 0 Å². The van der Waals surface area contributed by atoms with Crippen LogP contribution in [0.25, 0.3) is 17.7 Å². The first-order valence-electron chi connectivity index (χ1n) is 13.8. The highest BCUT2D eigenvalue weighted by molar-refractivity contribution is 6.24. The van der Waals surface area contributed by atoms with E-state index in [4.69, 9.17) is 9.98 Å². The Hall–Kier alpha value is -3.14. The second-order valence-corrected chi connectivity index (χ2v) is 10.8. The first-order chi connectivity index (χ1) is 17.4. The summed E-state index contributed by atoms with van der Waals surface area (Å²) in [6.07, 6.45) is 10.7. The molecule has 36 heavy (non-hydrogen) atoms. The molecule has 1 aliphatic carbocycles. The number of H-pyrrole nitrogens is 2. The summed E-state index contributed by atoms with van der Waals surface area (Å²) >= 11 is 0. The van der Waals surface area contributed by atoms with Gasteiger partial charge in [0.2, 0.25) is 0 Å². The maximum atomic E-state index is 5.30. The fourth-order valence-corrected chi connectivity index (χ4v) is 6.94. The summed E-state index contributed by atoms with van der Waals surface area (Å²) in [5, 5.41) is 2.36. The Morgan fingerprint density at radius 3 is 2.33 bits per heavy atom. The summed E-state index contributed by atoms with van der Waals surface area (Å²) in [5.41, 5.74) is 18.7. The third-order valence-corrected chi connectivity index (χ3v) is 9.11. The molecule has 2 aromatic heterocycles. The van der Waals surface area contributed by atoms with Crippen LogP contribution in [0, 0.1) is 13.8 Å². The molecule has 5 heterocycles. The molecule has 1 atom stereocenters. The number of rotatable bonds is 3.